The normalized spacial score (nSPS) is 11.0. The molecule has 36 heavy (non-hydrogen) atoms. The van der Waals surface area contributed by atoms with Gasteiger partial charge in [0.25, 0.3) is 0 Å². The maximum absolute atomic E-state index is 9.40. The van der Waals surface area contributed by atoms with Crippen LogP contribution < -0.4 is 10.6 Å². The van der Waals surface area contributed by atoms with E-state index < -0.39 is 0 Å². The summed E-state index contributed by atoms with van der Waals surface area (Å²) in [6, 6.07) is 17.2. The van der Waals surface area contributed by atoms with Crippen LogP contribution in [-0.4, -0.2) is 17.1 Å². The van der Waals surface area contributed by atoms with E-state index in [0.29, 0.717) is 34.2 Å². The average molecular weight is 476 g/mol. The first-order valence-electron chi connectivity index (χ1n) is 11.1. The zero-order valence-electron chi connectivity index (χ0n) is 20.5. The molecule has 2 aromatic carbocycles. The first-order chi connectivity index (χ1) is 17.4. The van der Waals surface area contributed by atoms with Crippen molar-refractivity contribution in [1.82, 2.24) is 9.97 Å². The Morgan fingerprint density at radius 3 is 2.31 bits per heavy atom. The average Bonchev–Trinajstić information content (AvgIpc) is 2.87. The van der Waals surface area contributed by atoms with Crippen LogP contribution in [0.25, 0.3) is 12.2 Å². The second-order valence-corrected chi connectivity index (χ2v) is 8.06. The number of nitrogens with zero attached hydrogens (tertiary/aromatic N) is 5. The summed E-state index contributed by atoms with van der Waals surface area (Å²) in [7, 11) is 1.58. The number of nitrogens with one attached hydrogen (secondary N) is 2. The summed E-state index contributed by atoms with van der Waals surface area (Å²) in [6.07, 6.45) is 4.93. The number of nitriles is 3. The second-order valence-electron chi connectivity index (χ2n) is 8.06. The third-order valence-corrected chi connectivity index (χ3v) is 5.26. The molecule has 0 radical (unpaired) electrons. The molecule has 178 valence electrons. The van der Waals surface area contributed by atoms with Gasteiger partial charge >= 0.3 is 0 Å². The highest BCUT2D eigenvalue weighted by atomic mass is 16.5. The minimum Gasteiger partial charge on any atom is -0.378 e. The van der Waals surface area contributed by atoms with Gasteiger partial charge in [0.1, 0.15) is 5.82 Å². The van der Waals surface area contributed by atoms with Crippen LogP contribution in [0.5, 0.6) is 0 Å². The molecule has 0 saturated heterocycles. The molecule has 8 heteroatoms. The molecule has 3 rings (SSSR count). The molecule has 0 unspecified atom stereocenters. The second kappa shape index (κ2) is 11.9. The van der Waals surface area contributed by atoms with Gasteiger partial charge in [-0.05, 0) is 86.0 Å². The first-order valence-corrected chi connectivity index (χ1v) is 11.1. The molecule has 8 nitrogen and oxygen atoms in total. The van der Waals surface area contributed by atoms with E-state index in [2.05, 4.69) is 27.8 Å². The van der Waals surface area contributed by atoms with E-state index in [-0.39, 0.29) is 6.61 Å². The largest absolute Gasteiger partial charge is 0.378 e. The minimum atomic E-state index is 0.208. The molecular weight excluding hydrogens is 450 g/mol. The van der Waals surface area contributed by atoms with E-state index in [9.17, 15) is 5.26 Å². The van der Waals surface area contributed by atoms with Crippen LogP contribution in [0.1, 0.15) is 40.4 Å². The lowest BCUT2D eigenvalue weighted by molar-refractivity contribution is 0.181. The van der Waals surface area contributed by atoms with Gasteiger partial charge in [0, 0.05) is 35.7 Å². The minimum absolute atomic E-state index is 0.208. The summed E-state index contributed by atoms with van der Waals surface area (Å²) >= 11 is 0. The summed E-state index contributed by atoms with van der Waals surface area (Å²) < 4.78 is 5.40. The SMILES string of the molecule is COCc1nc(Nc2ccc(C#N)cc2)nc(Nc2c(C)cc(/C=C/C#N)cc2C)c1/C=C(\C)C#N. The fraction of sp³-hybridized carbons (Fsp3) is 0.179. The standard InChI is InChI=1S/C28H25N7O/c1-18(15-30)12-24-25(17-36-4)33-28(32-23-9-7-21(16-31)8-10-23)35-27(24)34-26-19(2)13-22(6-5-11-29)14-20(26)3/h5-10,12-14H,17H2,1-4H3,(H2,32,33,34,35)/b6-5+,18-12+. The van der Waals surface area contributed by atoms with E-state index in [1.165, 1.54) is 6.08 Å². The van der Waals surface area contributed by atoms with Crippen LogP contribution in [0.3, 0.4) is 0 Å². The van der Waals surface area contributed by atoms with Crippen LogP contribution >= 0.6 is 0 Å². The summed E-state index contributed by atoms with van der Waals surface area (Å²) in [5, 5.41) is 33.9. The third kappa shape index (κ3) is 6.33. The highest BCUT2D eigenvalue weighted by Gasteiger charge is 2.16. The Kier molecular flexibility index (Phi) is 8.51. The molecule has 0 saturated carbocycles. The first kappa shape index (κ1) is 25.6. The number of rotatable bonds is 8. The number of aromatic nitrogens is 2. The smallest absolute Gasteiger partial charge is 0.229 e. The maximum atomic E-state index is 9.40. The quantitative estimate of drug-likeness (QED) is 0.376. The van der Waals surface area contributed by atoms with Gasteiger partial charge in [0.2, 0.25) is 5.95 Å². The summed E-state index contributed by atoms with van der Waals surface area (Å²) in [5.41, 5.74) is 6.73. The van der Waals surface area contributed by atoms with E-state index in [1.807, 2.05) is 32.0 Å². The molecule has 0 aliphatic heterocycles. The highest BCUT2D eigenvalue weighted by Crippen LogP contribution is 2.31. The van der Waals surface area contributed by atoms with Crippen molar-refractivity contribution in [2.75, 3.05) is 17.7 Å². The number of anilines is 4. The molecule has 1 aromatic heterocycles. The number of ether oxygens (including phenoxy) is 1. The van der Waals surface area contributed by atoms with Gasteiger partial charge < -0.3 is 15.4 Å². The van der Waals surface area contributed by atoms with Gasteiger partial charge in [-0.15, -0.1) is 0 Å². The summed E-state index contributed by atoms with van der Waals surface area (Å²) in [5.74, 6) is 0.846. The molecule has 3 aromatic rings. The molecule has 0 aliphatic carbocycles. The van der Waals surface area contributed by atoms with Gasteiger partial charge in [-0.1, -0.05) is 0 Å². The van der Waals surface area contributed by atoms with Crippen LogP contribution in [0.4, 0.5) is 23.1 Å². The molecule has 0 amide bonds. The highest BCUT2D eigenvalue weighted by molar-refractivity contribution is 5.77. The number of aryl methyl sites for hydroxylation is 2. The molecule has 0 atom stereocenters. The van der Waals surface area contributed by atoms with Crippen LogP contribution in [-0.2, 0) is 11.3 Å². The van der Waals surface area contributed by atoms with Crippen molar-refractivity contribution >= 4 is 35.3 Å². The molecule has 0 bridgehead atoms. The molecule has 1 heterocycles. The Morgan fingerprint density at radius 2 is 1.72 bits per heavy atom. The van der Waals surface area contributed by atoms with Crippen LogP contribution in [0.2, 0.25) is 0 Å². The van der Waals surface area contributed by atoms with Crippen molar-refractivity contribution in [3.63, 3.8) is 0 Å². The van der Waals surface area contributed by atoms with Gasteiger partial charge in [0.15, 0.2) is 0 Å². The number of hydrogen-bond acceptors (Lipinski definition) is 8. The molecule has 2 N–H and O–H groups in total. The van der Waals surface area contributed by atoms with Crippen molar-refractivity contribution in [1.29, 1.82) is 15.8 Å². The summed E-state index contributed by atoms with van der Waals surface area (Å²) in [6.45, 7) is 5.88. The van der Waals surface area contributed by atoms with Crippen molar-refractivity contribution in [2.24, 2.45) is 0 Å². The number of hydrogen-bond donors (Lipinski definition) is 2. The monoisotopic (exact) mass is 475 g/mol. The van der Waals surface area contributed by atoms with E-state index in [0.717, 1.165) is 28.1 Å². The Bertz CT molecular complexity index is 1430. The summed E-state index contributed by atoms with van der Waals surface area (Å²) in [4.78, 5) is 9.36. The lowest BCUT2D eigenvalue weighted by Crippen LogP contribution is -2.09. The van der Waals surface area contributed by atoms with Crippen LogP contribution in [0, 0.1) is 47.8 Å². The van der Waals surface area contributed by atoms with Crippen molar-refractivity contribution in [2.45, 2.75) is 27.4 Å². The zero-order valence-corrected chi connectivity index (χ0v) is 20.5. The van der Waals surface area contributed by atoms with Gasteiger partial charge in [-0.25, -0.2) is 4.98 Å². The Morgan fingerprint density at radius 1 is 1.03 bits per heavy atom. The lowest BCUT2D eigenvalue weighted by atomic mass is 10.0. The fourth-order valence-electron chi connectivity index (χ4n) is 3.61. The van der Waals surface area contributed by atoms with Crippen molar-refractivity contribution < 1.29 is 4.74 Å². The predicted octanol–water partition coefficient (Wildman–Crippen LogP) is 6.06. The van der Waals surface area contributed by atoms with Crippen molar-refractivity contribution in [3.8, 4) is 18.2 Å². The lowest BCUT2D eigenvalue weighted by Gasteiger charge is -2.18. The Hall–Kier alpha value is -4.97. The predicted molar refractivity (Wildman–Crippen MR) is 140 cm³/mol. The van der Waals surface area contributed by atoms with Gasteiger partial charge in [-0.2, -0.15) is 20.8 Å². The van der Waals surface area contributed by atoms with E-state index >= 15 is 0 Å². The number of allylic oxidation sites excluding steroid dienone is 2. The maximum Gasteiger partial charge on any atom is 0.229 e. The van der Waals surface area contributed by atoms with Gasteiger partial charge in [0.05, 0.1) is 36.1 Å². The zero-order chi connectivity index (χ0) is 26.1. The topological polar surface area (TPSA) is 130 Å². The molecule has 0 fully saturated rings. The van der Waals surface area contributed by atoms with Gasteiger partial charge in [-0.3, -0.25) is 0 Å². The van der Waals surface area contributed by atoms with E-state index in [4.69, 9.17) is 20.2 Å². The molecular formula is C28H25N7O. The fourth-order valence-corrected chi connectivity index (χ4v) is 3.61. The molecule has 0 spiro atoms. The van der Waals surface area contributed by atoms with Crippen LogP contribution in [0.15, 0.2) is 48.0 Å². The number of benzene rings is 2. The van der Waals surface area contributed by atoms with E-state index in [1.54, 1.807) is 50.5 Å². The third-order valence-electron chi connectivity index (χ3n) is 5.26. The van der Waals surface area contributed by atoms with Crippen molar-refractivity contribution in [3.05, 3.63) is 81.6 Å². The number of methoxy groups -OCH3 is 1. The molecule has 0 aliphatic rings. The Labute approximate surface area is 210 Å². The Balaban J connectivity index is 2.13.